The highest BCUT2D eigenvalue weighted by Crippen LogP contribution is 2.51. The van der Waals surface area contributed by atoms with Gasteiger partial charge < -0.3 is 58.1 Å². The molecule has 0 amide bonds. The number of methoxy groups -OCH3 is 1. The maximum absolute atomic E-state index is 14.2. The minimum absolute atomic E-state index is 0.185. The van der Waals surface area contributed by atoms with Gasteiger partial charge in [-0.25, -0.2) is 4.99 Å². The van der Waals surface area contributed by atoms with E-state index in [0.29, 0.717) is 31.8 Å². The van der Waals surface area contributed by atoms with E-state index in [1.165, 1.54) is 6.92 Å². The minimum Gasteiger partial charge on any atom is -0.472 e. The standard InChI is InChI=1S/C38H66N2O12/c1-14-26-37(10,44)30(42)23(6)39-32-19(2)16-35(8,52-32)31(51-34-28(41)25(40(11)12)15-20(3)47-34)21(4)29(22(5)33(43)49-26)50-27-17-36(9,45-13)38(18-46-38)24(7)48-27/h19-31,34,41-42,44H,14-18H2,1-13H3/t19-,20?,21+,22-,23-,24?,25-,26-,27+,28?,29+,30-,31-,34+,35?,36+,37-,38+/m1/s1. The molecular weight excluding hydrogens is 676 g/mol. The zero-order chi connectivity index (χ0) is 38.7. The fourth-order valence-electron chi connectivity index (χ4n) is 9.28. The first kappa shape index (κ1) is 41.7. The summed E-state index contributed by atoms with van der Waals surface area (Å²) in [4.78, 5) is 21.0. The zero-order valence-corrected chi connectivity index (χ0v) is 33.5. The van der Waals surface area contributed by atoms with Gasteiger partial charge in [0.15, 0.2) is 18.5 Å². The monoisotopic (exact) mass is 742 g/mol. The number of fused-ring (bicyclic) bond motifs is 2. The summed E-state index contributed by atoms with van der Waals surface area (Å²) in [5.74, 6) is -1.89. The summed E-state index contributed by atoms with van der Waals surface area (Å²) in [5.41, 5.74) is -4.20. The van der Waals surface area contributed by atoms with E-state index in [2.05, 4.69) is 0 Å². The van der Waals surface area contributed by atoms with Crippen LogP contribution in [0.3, 0.4) is 0 Å². The van der Waals surface area contributed by atoms with Gasteiger partial charge in [-0.1, -0.05) is 20.8 Å². The molecule has 0 radical (unpaired) electrons. The fraction of sp³-hybridized carbons (Fsp3) is 0.947. The molecule has 18 atom stereocenters. The molecule has 0 saturated carbocycles. The van der Waals surface area contributed by atoms with Gasteiger partial charge >= 0.3 is 5.97 Å². The van der Waals surface area contributed by atoms with Crippen molar-refractivity contribution in [3.05, 3.63) is 0 Å². The molecule has 0 aromatic heterocycles. The Kier molecular flexibility index (Phi) is 12.2. The van der Waals surface area contributed by atoms with E-state index in [-0.39, 0.29) is 30.6 Å². The molecule has 52 heavy (non-hydrogen) atoms. The highest BCUT2D eigenvalue weighted by Gasteiger charge is 2.67. The smallest absolute Gasteiger partial charge is 0.311 e. The van der Waals surface area contributed by atoms with Gasteiger partial charge in [-0.2, -0.15) is 0 Å². The summed E-state index contributed by atoms with van der Waals surface area (Å²) in [6.45, 7) is 18.9. The minimum atomic E-state index is -1.83. The number of hydrogen-bond acceptors (Lipinski definition) is 14. The first-order valence-electron chi connectivity index (χ1n) is 19.2. The summed E-state index contributed by atoms with van der Waals surface area (Å²) < 4.78 is 51.3. The average molecular weight is 743 g/mol. The Balaban J connectivity index is 1.60. The van der Waals surface area contributed by atoms with Gasteiger partial charge in [0.25, 0.3) is 0 Å². The van der Waals surface area contributed by atoms with E-state index in [1.807, 2.05) is 60.5 Å². The molecule has 5 aliphatic heterocycles. The Morgan fingerprint density at radius 3 is 2.23 bits per heavy atom. The Morgan fingerprint density at radius 1 is 1.00 bits per heavy atom. The van der Waals surface area contributed by atoms with E-state index in [9.17, 15) is 20.1 Å². The molecule has 300 valence electrons. The lowest BCUT2D eigenvalue weighted by Crippen LogP contribution is -2.61. The Bertz CT molecular complexity index is 1290. The first-order chi connectivity index (χ1) is 24.1. The van der Waals surface area contributed by atoms with Crippen LogP contribution in [-0.2, 0) is 42.7 Å². The molecule has 5 heterocycles. The number of likely N-dealkylation sites (N-methyl/N-ethyl adjacent to an activating group) is 1. The molecule has 14 heteroatoms. The highest BCUT2D eigenvalue weighted by molar-refractivity contribution is 5.81. The van der Waals surface area contributed by atoms with E-state index < -0.39 is 89.4 Å². The second-order valence-electron chi connectivity index (χ2n) is 17.1. The van der Waals surface area contributed by atoms with Crippen LogP contribution >= 0.6 is 0 Å². The van der Waals surface area contributed by atoms with Crippen LogP contribution in [0.5, 0.6) is 0 Å². The highest BCUT2D eigenvalue weighted by atomic mass is 16.7. The lowest BCUT2D eigenvalue weighted by molar-refractivity contribution is -0.312. The molecule has 14 nitrogen and oxygen atoms in total. The first-order valence-corrected chi connectivity index (χ1v) is 19.2. The number of aliphatic imine (C=N–C) groups is 1. The molecule has 2 bridgehead atoms. The quantitative estimate of drug-likeness (QED) is 0.257. The molecule has 4 unspecified atom stereocenters. The second kappa shape index (κ2) is 15.2. The van der Waals surface area contributed by atoms with Crippen LogP contribution in [0.25, 0.3) is 0 Å². The lowest BCUT2D eigenvalue weighted by atomic mass is 9.78. The average Bonchev–Trinajstić information content (AvgIpc) is 3.84. The number of aliphatic hydroxyl groups is 3. The van der Waals surface area contributed by atoms with Gasteiger partial charge in [-0.15, -0.1) is 0 Å². The van der Waals surface area contributed by atoms with Gasteiger partial charge in [-0.3, -0.25) is 4.79 Å². The van der Waals surface area contributed by atoms with Crippen molar-refractivity contribution in [1.82, 2.24) is 4.90 Å². The summed E-state index contributed by atoms with van der Waals surface area (Å²) in [6, 6.07) is -1.01. The van der Waals surface area contributed by atoms with Crippen LogP contribution in [0.4, 0.5) is 0 Å². The number of epoxide rings is 1. The molecule has 0 aromatic rings. The second-order valence-corrected chi connectivity index (χ2v) is 17.1. The molecule has 1 spiro atoms. The van der Waals surface area contributed by atoms with Gasteiger partial charge in [0, 0.05) is 37.8 Å². The molecule has 4 fully saturated rings. The number of rotatable bonds is 7. The Labute approximate surface area is 309 Å². The molecule has 0 aromatic carbocycles. The van der Waals surface area contributed by atoms with Crippen molar-refractivity contribution in [2.75, 3.05) is 27.8 Å². The van der Waals surface area contributed by atoms with Crippen LogP contribution in [-0.4, -0.2) is 150 Å². The van der Waals surface area contributed by atoms with Gasteiger partial charge in [0.2, 0.25) is 0 Å². The largest absolute Gasteiger partial charge is 0.472 e. The molecule has 4 saturated heterocycles. The predicted octanol–water partition coefficient (Wildman–Crippen LogP) is 2.81. The maximum atomic E-state index is 14.2. The molecule has 5 rings (SSSR count). The summed E-state index contributed by atoms with van der Waals surface area (Å²) >= 11 is 0. The number of carbonyl (C=O) groups excluding carboxylic acids is 1. The zero-order valence-electron chi connectivity index (χ0n) is 33.5. The van der Waals surface area contributed by atoms with E-state index in [0.717, 1.165) is 0 Å². The third-order valence-electron chi connectivity index (χ3n) is 12.8. The molecular formula is C38H66N2O12. The third kappa shape index (κ3) is 7.55. The van der Waals surface area contributed by atoms with Gasteiger partial charge in [0.1, 0.15) is 46.8 Å². The van der Waals surface area contributed by atoms with E-state index >= 15 is 0 Å². The van der Waals surface area contributed by atoms with Crippen LogP contribution in [0.15, 0.2) is 4.99 Å². The molecule has 5 aliphatic rings. The van der Waals surface area contributed by atoms with E-state index in [1.54, 1.807) is 27.9 Å². The molecule has 3 N–H and O–H groups in total. The van der Waals surface area contributed by atoms with Crippen molar-refractivity contribution >= 4 is 11.9 Å². The van der Waals surface area contributed by atoms with Gasteiger partial charge in [0.05, 0.1) is 36.9 Å². The van der Waals surface area contributed by atoms with Crippen molar-refractivity contribution < 1.29 is 58.0 Å². The topological polar surface area (TPSA) is 170 Å². The van der Waals surface area contributed by atoms with Crippen molar-refractivity contribution in [2.24, 2.45) is 22.7 Å². The summed E-state index contributed by atoms with van der Waals surface area (Å²) in [7, 11) is 5.49. The van der Waals surface area contributed by atoms with Crippen LogP contribution < -0.4 is 0 Å². The van der Waals surface area contributed by atoms with Crippen LogP contribution in [0.2, 0.25) is 0 Å². The predicted molar refractivity (Wildman–Crippen MR) is 191 cm³/mol. The number of carbonyl (C=O) groups is 1. The number of ether oxygens (including phenoxy) is 8. The number of cyclic esters (lactones) is 1. The van der Waals surface area contributed by atoms with Crippen molar-refractivity contribution in [1.29, 1.82) is 0 Å². The fourth-order valence-corrected chi connectivity index (χ4v) is 9.28. The van der Waals surface area contributed by atoms with Crippen molar-refractivity contribution in [2.45, 2.75) is 185 Å². The molecule has 0 aliphatic carbocycles. The summed E-state index contributed by atoms with van der Waals surface area (Å²) in [6.07, 6.45) is -5.84. The Morgan fingerprint density at radius 2 is 1.65 bits per heavy atom. The normalized spacial score (nSPS) is 51.8. The number of hydrogen-bond donors (Lipinski definition) is 3. The third-order valence-corrected chi connectivity index (χ3v) is 12.8. The van der Waals surface area contributed by atoms with Gasteiger partial charge in [-0.05, 0) is 75.4 Å². The lowest BCUT2D eigenvalue weighted by Gasteiger charge is -2.49. The van der Waals surface area contributed by atoms with Crippen LogP contribution in [0, 0.1) is 17.8 Å². The van der Waals surface area contributed by atoms with Crippen molar-refractivity contribution in [3.63, 3.8) is 0 Å². The number of esters is 1. The van der Waals surface area contributed by atoms with Crippen LogP contribution in [0.1, 0.15) is 94.9 Å². The number of nitrogens with zero attached hydrogens (tertiary/aromatic N) is 2. The SMILES string of the molecule is CC[C@H]1OC(=O)[C@H](C)[C@@H](O[C@H]2C[C@](C)(OC)[C@]3(CO3)C(C)O2)[C@H](C)[C@@H](O[C@@H]2OC(C)C[C@@H](N(C)C)C2O)C2(C)C[C@@H](C)C(=N[C@H](C)[C@@H](O)[C@]1(C)O)O2. The Hall–Kier alpha value is -1.46. The van der Waals surface area contributed by atoms with Crippen molar-refractivity contribution in [3.8, 4) is 0 Å². The van der Waals surface area contributed by atoms with E-state index in [4.69, 9.17) is 42.9 Å². The summed E-state index contributed by atoms with van der Waals surface area (Å²) in [5, 5.41) is 34.7. The maximum Gasteiger partial charge on any atom is 0.311 e. The number of aliphatic hydroxyl groups excluding tert-OH is 2.